The molecule has 1 aromatic rings. The van der Waals surface area contributed by atoms with E-state index in [0.29, 0.717) is 23.9 Å². The minimum absolute atomic E-state index is 0.0616. The smallest absolute Gasteiger partial charge is 0.228 e. The van der Waals surface area contributed by atoms with Crippen molar-refractivity contribution in [2.24, 2.45) is 10.9 Å². The molecule has 0 aliphatic heterocycles. The molecule has 0 unspecified atom stereocenters. The van der Waals surface area contributed by atoms with Crippen molar-refractivity contribution in [3.63, 3.8) is 0 Å². The highest BCUT2D eigenvalue weighted by Crippen LogP contribution is 2.13. The van der Waals surface area contributed by atoms with Gasteiger partial charge in [0.05, 0.1) is 6.61 Å². The Morgan fingerprint density at radius 2 is 2.43 bits per heavy atom. The molecule has 0 saturated heterocycles. The van der Waals surface area contributed by atoms with E-state index in [0.717, 1.165) is 0 Å². The van der Waals surface area contributed by atoms with Gasteiger partial charge in [0.2, 0.25) is 5.88 Å². The highest BCUT2D eigenvalue weighted by atomic mass is 16.5. The molecule has 3 N–H and O–H groups in total. The summed E-state index contributed by atoms with van der Waals surface area (Å²) in [5, 5.41) is 11.4. The van der Waals surface area contributed by atoms with Crippen LogP contribution in [0.15, 0.2) is 11.4 Å². The number of hydrogen-bond acceptors (Lipinski definition) is 5. The summed E-state index contributed by atoms with van der Waals surface area (Å²) in [6.07, 6.45) is 1.46. The van der Waals surface area contributed by atoms with E-state index in [4.69, 9.17) is 15.7 Å². The van der Waals surface area contributed by atoms with Gasteiger partial charge in [0.1, 0.15) is 11.4 Å². The minimum atomic E-state index is -0.0616. The fourth-order valence-electron chi connectivity index (χ4n) is 0.926. The topological polar surface area (TPSA) is 93.6 Å². The average molecular weight is 196 g/mol. The zero-order valence-corrected chi connectivity index (χ0v) is 8.06. The lowest BCUT2D eigenvalue weighted by Crippen LogP contribution is -2.16. The number of hydrogen-bond donors (Lipinski definition) is 2. The first-order chi connectivity index (χ1) is 6.69. The Morgan fingerprint density at radius 1 is 1.71 bits per heavy atom. The van der Waals surface area contributed by atoms with Crippen molar-refractivity contribution >= 4 is 5.84 Å². The number of ether oxygens (including phenoxy) is 1. The molecule has 0 fully saturated rings. The lowest BCUT2D eigenvalue weighted by molar-refractivity contribution is 0.314. The van der Waals surface area contributed by atoms with Gasteiger partial charge in [0.25, 0.3) is 0 Å². The van der Waals surface area contributed by atoms with Gasteiger partial charge in [-0.05, 0) is 13.8 Å². The lowest BCUT2D eigenvalue weighted by atomic mass is 10.3. The number of oxime groups is 1. The zero-order valence-electron chi connectivity index (χ0n) is 8.06. The monoisotopic (exact) mass is 196 g/mol. The second-order valence-electron chi connectivity index (χ2n) is 2.55. The Hall–Kier alpha value is -1.85. The van der Waals surface area contributed by atoms with Gasteiger partial charge in [0.15, 0.2) is 5.84 Å². The molecule has 0 aliphatic rings. The Labute approximate surface area is 81.4 Å². The molecule has 0 bridgehead atoms. The van der Waals surface area contributed by atoms with Gasteiger partial charge in [-0.3, -0.25) is 0 Å². The molecular weight excluding hydrogens is 184 g/mol. The Balaban J connectivity index is 3.14. The fraction of sp³-hybridized carbons (Fsp3) is 0.375. The molecule has 76 valence electrons. The predicted molar refractivity (Wildman–Crippen MR) is 50.4 cm³/mol. The van der Waals surface area contributed by atoms with E-state index >= 15 is 0 Å². The SMILES string of the molecule is CCOc1nc(C)ncc1/C(N)=N\O. The van der Waals surface area contributed by atoms with Crippen LogP contribution in [-0.4, -0.2) is 27.6 Å². The summed E-state index contributed by atoms with van der Waals surface area (Å²) in [7, 11) is 0. The summed E-state index contributed by atoms with van der Waals surface area (Å²) >= 11 is 0. The van der Waals surface area contributed by atoms with Crippen LogP contribution in [0.4, 0.5) is 0 Å². The predicted octanol–water partition coefficient (Wildman–Crippen LogP) is 0.278. The van der Waals surface area contributed by atoms with Crippen molar-refractivity contribution in [3.8, 4) is 5.88 Å². The van der Waals surface area contributed by atoms with Gasteiger partial charge in [-0.1, -0.05) is 5.16 Å². The van der Waals surface area contributed by atoms with Crippen molar-refractivity contribution in [2.75, 3.05) is 6.61 Å². The van der Waals surface area contributed by atoms with Crippen LogP contribution in [0.2, 0.25) is 0 Å². The highest BCUT2D eigenvalue weighted by molar-refractivity contribution is 5.98. The summed E-state index contributed by atoms with van der Waals surface area (Å²) in [5.41, 5.74) is 5.80. The minimum Gasteiger partial charge on any atom is -0.477 e. The van der Waals surface area contributed by atoms with E-state index in [-0.39, 0.29) is 5.84 Å². The number of aryl methyl sites for hydroxylation is 1. The highest BCUT2D eigenvalue weighted by Gasteiger charge is 2.10. The van der Waals surface area contributed by atoms with Crippen molar-refractivity contribution in [2.45, 2.75) is 13.8 Å². The molecule has 1 heterocycles. The molecule has 1 rings (SSSR count). The van der Waals surface area contributed by atoms with Gasteiger partial charge in [-0.25, -0.2) is 4.98 Å². The van der Waals surface area contributed by atoms with E-state index < -0.39 is 0 Å². The Morgan fingerprint density at radius 3 is 3.00 bits per heavy atom. The molecule has 6 nitrogen and oxygen atoms in total. The molecule has 14 heavy (non-hydrogen) atoms. The van der Waals surface area contributed by atoms with Crippen LogP contribution >= 0.6 is 0 Å². The second kappa shape index (κ2) is 4.40. The van der Waals surface area contributed by atoms with E-state index in [2.05, 4.69) is 15.1 Å². The fourth-order valence-corrected chi connectivity index (χ4v) is 0.926. The third-order valence-electron chi connectivity index (χ3n) is 1.54. The summed E-state index contributed by atoms with van der Waals surface area (Å²) in [6, 6.07) is 0. The van der Waals surface area contributed by atoms with Crippen LogP contribution in [0.1, 0.15) is 18.3 Å². The van der Waals surface area contributed by atoms with Crippen LogP contribution < -0.4 is 10.5 Å². The molecule has 0 atom stereocenters. The first-order valence-corrected chi connectivity index (χ1v) is 4.13. The second-order valence-corrected chi connectivity index (χ2v) is 2.55. The number of rotatable bonds is 3. The summed E-state index contributed by atoms with van der Waals surface area (Å²) in [6.45, 7) is 4.02. The van der Waals surface area contributed by atoms with Crippen molar-refractivity contribution in [1.82, 2.24) is 9.97 Å². The molecule has 0 aliphatic carbocycles. The van der Waals surface area contributed by atoms with Crippen LogP contribution in [0, 0.1) is 6.92 Å². The summed E-state index contributed by atoms with van der Waals surface area (Å²) < 4.78 is 5.22. The molecule has 0 aromatic carbocycles. The molecule has 0 spiro atoms. The van der Waals surface area contributed by atoms with Crippen molar-refractivity contribution < 1.29 is 9.94 Å². The van der Waals surface area contributed by atoms with E-state index in [1.165, 1.54) is 6.20 Å². The van der Waals surface area contributed by atoms with Gasteiger partial charge >= 0.3 is 0 Å². The van der Waals surface area contributed by atoms with Gasteiger partial charge < -0.3 is 15.7 Å². The Kier molecular flexibility index (Phi) is 3.22. The third-order valence-corrected chi connectivity index (χ3v) is 1.54. The van der Waals surface area contributed by atoms with E-state index in [1.54, 1.807) is 6.92 Å². The first kappa shape index (κ1) is 10.2. The largest absolute Gasteiger partial charge is 0.477 e. The summed E-state index contributed by atoms with van der Waals surface area (Å²) in [4.78, 5) is 7.95. The first-order valence-electron chi connectivity index (χ1n) is 4.13. The van der Waals surface area contributed by atoms with E-state index in [1.807, 2.05) is 6.92 Å². The zero-order chi connectivity index (χ0) is 10.6. The molecule has 0 radical (unpaired) electrons. The average Bonchev–Trinajstić information content (AvgIpc) is 2.17. The molecule has 6 heteroatoms. The third kappa shape index (κ3) is 2.09. The number of nitrogens with two attached hydrogens (primary N) is 1. The van der Waals surface area contributed by atoms with Crippen LogP contribution in [0.3, 0.4) is 0 Å². The van der Waals surface area contributed by atoms with Crippen molar-refractivity contribution in [1.29, 1.82) is 0 Å². The van der Waals surface area contributed by atoms with Crippen LogP contribution in [0.25, 0.3) is 0 Å². The lowest BCUT2D eigenvalue weighted by Gasteiger charge is -2.07. The van der Waals surface area contributed by atoms with Gasteiger partial charge in [0, 0.05) is 6.20 Å². The molecular formula is C8H12N4O2. The maximum Gasteiger partial charge on any atom is 0.228 e. The Bertz CT molecular complexity index is 351. The van der Waals surface area contributed by atoms with Crippen LogP contribution in [-0.2, 0) is 0 Å². The summed E-state index contributed by atoms with van der Waals surface area (Å²) in [5.74, 6) is 0.840. The molecule has 0 saturated carbocycles. The number of nitrogens with zero attached hydrogens (tertiary/aromatic N) is 3. The quantitative estimate of drug-likeness (QED) is 0.313. The number of aromatic nitrogens is 2. The van der Waals surface area contributed by atoms with Crippen LogP contribution in [0.5, 0.6) is 5.88 Å². The maximum atomic E-state index is 8.50. The maximum absolute atomic E-state index is 8.50. The van der Waals surface area contributed by atoms with Gasteiger partial charge in [-0.15, -0.1) is 0 Å². The molecule has 0 amide bonds. The normalized spacial score (nSPS) is 11.4. The molecule has 1 aromatic heterocycles. The van der Waals surface area contributed by atoms with Crippen molar-refractivity contribution in [3.05, 3.63) is 17.6 Å². The van der Waals surface area contributed by atoms with E-state index in [9.17, 15) is 0 Å². The van der Waals surface area contributed by atoms with Gasteiger partial charge in [-0.2, -0.15) is 4.98 Å². The number of amidine groups is 1. The standard InChI is InChI=1S/C8H12N4O2/c1-3-14-8-6(7(9)12-13)4-10-5(2)11-8/h4,13H,3H2,1-2H3,(H2,9,12).